The van der Waals surface area contributed by atoms with Gasteiger partial charge in [0.25, 0.3) is 0 Å². The van der Waals surface area contributed by atoms with Crippen molar-refractivity contribution in [2.24, 2.45) is 0 Å². The van der Waals surface area contributed by atoms with Gasteiger partial charge < -0.3 is 0 Å². The zero-order valence-electron chi connectivity index (χ0n) is 9.45. The Kier molecular flexibility index (Phi) is 3.84. The molecule has 1 aromatic carbocycles. The highest BCUT2D eigenvalue weighted by atomic mass is 79.9. The molecule has 0 atom stereocenters. The summed E-state index contributed by atoms with van der Waals surface area (Å²) in [5, 5.41) is 0. The summed E-state index contributed by atoms with van der Waals surface area (Å²) in [5.41, 5.74) is 2.03. The molecule has 2 rings (SSSR count). The Morgan fingerprint density at radius 3 is 2.53 bits per heavy atom. The third-order valence-corrected chi connectivity index (χ3v) is 3.30. The van der Waals surface area contributed by atoms with E-state index >= 15 is 0 Å². The van der Waals surface area contributed by atoms with Crippen molar-refractivity contribution >= 4 is 15.9 Å². The predicted octanol–water partition coefficient (Wildman–Crippen LogP) is 3.47. The van der Waals surface area contributed by atoms with Crippen LogP contribution in [0.15, 0.2) is 34.9 Å². The van der Waals surface area contributed by atoms with Crippen molar-refractivity contribution in [3.05, 3.63) is 57.8 Å². The second kappa shape index (κ2) is 5.36. The van der Waals surface area contributed by atoms with E-state index in [-0.39, 0.29) is 5.82 Å². The van der Waals surface area contributed by atoms with Crippen LogP contribution in [0.25, 0.3) is 0 Å². The molecule has 0 aliphatic heterocycles. The minimum absolute atomic E-state index is 0.204. The SMILES string of the molecule is Cc1nc(CCc2ccc(F)cc2)ncc1Br. The Bertz CT molecular complexity index is 511. The fraction of sp³-hybridized carbons (Fsp3) is 0.231. The van der Waals surface area contributed by atoms with Crippen molar-refractivity contribution in [2.45, 2.75) is 19.8 Å². The summed E-state index contributed by atoms with van der Waals surface area (Å²) < 4.78 is 13.6. The lowest BCUT2D eigenvalue weighted by atomic mass is 10.1. The van der Waals surface area contributed by atoms with Crippen LogP contribution in [-0.2, 0) is 12.8 Å². The quantitative estimate of drug-likeness (QED) is 0.866. The van der Waals surface area contributed by atoms with E-state index in [9.17, 15) is 4.39 Å². The lowest BCUT2D eigenvalue weighted by molar-refractivity contribution is 0.627. The van der Waals surface area contributed by atoms with Gasteiger partial charge in [-0.2, -0.15) is 0 Å². The third-order valence-electron chi connectivity index (χ3n) is 2.52. The van der Waals surface area contributed by atoms with Gasteiger partial charge in [0.1, 0.15) is 11.6 Å². The second-order valence-corrected chi connectivity index (χ2v) is 4.70. The van der Waals surface area contributed by atoms with Crippen LogP contribution in [0, 0.1) is 12.7 Å². The molecule has 0 N–H and O–H groups in total. The molecule has 0 radical (unpaired) electrons. The van der Waals surface area contributed by atoms with E-state index in [1.54, 1.807) is 18.3 Å². The highest BCUT2D eigenvalue weighted by Crippen LogP contribution is 2.12. The van der Waals surface area contributed by atoms with E-state index < -0.39 is 0 Å². The van der Waals surface area contributed by atoms with Gasteiger partial charge in [0.05, 0.1) is 10.2 Å². The number of hydrogen-bond acceptors (Lipinski definition) is 2. The minimum atomic E-state index is -0.204. The summed E-state index contributed by atoms with van der Waals surface area (Å²) in [7, 11) is 0. The zero-order chi connectivity index (χ0) is 12.3. The molecule has 0 aliphatic carbocycles. The molecule has 0 saturated carbocycles. The van der Waals surface area contributed by atoms with Crippen LogP contribution in [0.5, 0.6) is 0 Å². The molecular weight excluding hydrogens is 283 g/mol. The zero-order valence-corrected chi connectivity index (χ0v) is 11.0. The first-order chi connectivity index (χ1) is 8.15. The van der Waals surface area contributed by atoms with Crippen molar-refractivity contribution in [1.29, 1.82) is 0 Å². The number of aryl methyl sites for hydroxylation is 3. The minimum Gasteiger partial charge on any atom is -0.240 e. The average molecular weight is 295 g/mol. The Morgan fingerprint density at radius 1 is 1.18 bits per heavy atom. The fourth-order valence-corrected chi connectivity index (χ4v) is 1.72. The van der Waals surface area contributed by atoms with Gasteiger partial charge >= 0.3 is 0 Å². The van der Waals surface area contributed by atoms with Crippen molar-refractivity contribution < 1.29 is 4.39 Å². The summed E-state index contributed by atoms with van der Waals surface area (Å²) >= 11 is 3.37. The Labute approximate surface area is 108 Å². The van der Waals surface area contributed by atoms with Gasteiger partial charge in [-0.15, -0.1) is 0 Å². The molecular formula is C13H12BrFN2. The van der Waals surface area contributed by atoms with Gasteiger partial charge in [-0.1, -0.05) is 12.1 Å². The number of halogens is 2. The van der Waals surface area contributed by atoms with Gasteiger partial charge in [0.15, 0.2) is 0 Å². The summed E-state index contributed by atoms with van der Waals surface area (Å²) in [5.74, 6) is 0.611. The molecule has 0 saturated heterocycles. The number of aromatic nitrogens is 2. The van der Waals surface area contributed by atoms with E-state index in [1.165, 1.54) is 12.1 Å². The molecule has 0 aliphatic rings. The third kappa shape index (κ3) is 3.33. The second-order valence-electron chi connectivity index (χ2n) is 3.85. The lowest BCUT2D eigenvalue weighted by Crippen LogP contribution is -2.00. The van der Waals surface area contributed by atoms with Crippen molar-refractivity contribution in [3.8, 4) is 0 Å². The van der Waals surface area contributed by atoms with Crippen LogP contribution in [0.3, 0.4) is 0 Å². The molecule has 1 heterocycles. The fourth-order valence-electron chi connectivity index (χ4n) is 1.53. The first-order valence-electron chi connectivity index (χ1n) is 5.37. The molecule has 0 unspecified atom stereocenters. The molecule has 2 aromatic rings. The van der Waals surface area contributed by atoms with Crippen LogP contribution in [0.2, 0.25) is 0 Å². The van der Waals surface area contributed by atoms with E-state index in [4.69, 9.17) is 0 Å². The standard InChI is InChI=1S/C13H12BrFN2/c1-9-12(14)8-16-13(17-9)7-4-10-2-5-11(15)6-3-10/h2-3,5-6,8H,4,7H2,1H3. The maximum absolute atomic E-state index is 12.7. The molecule has 1 aromatic heterocycles. The molecule has 0 spiro atoms. The van der Waals surface area contributed by atoms with E-state index in [1.807, 2.05) is 6.92 Å². The molecule has 2 nitrogen and oxygen atoms in total. The smallest absolute Gasteiger partial charge is 0.128 e. The van der Waals surface area contributed by atoms with Gasteiger partial charge in [0, 0.05) is 12.6 Å². The highest BCUT2D eigenvalue weighted by Gasteiger charge is 2.02. The first-order valence-corrected chi connectivity index (χ1v) is 6.17. The van der Waals surface area contributed by atoms with Crippen LogP contribution in [0.1, 0.15) is 17.1 Å². The van der Waals surface area contributed by atoms with Crippen molar-refractivity contribution in [2.75, 3.05) is 0 Å². The summed E-state index contributed by atoms with van der Waals surface area (Å²) in [6.07, 6.45) is 3.35. The lowest BCUT2D eigenvalue weighted by Gasteiger charge is -2.03. The maximum atomic E-state index is 12.7. The topological polar surface area (TPSA) is 25.8 Å². The molecule has 0 amide bonds. The first kappa shape index (κ1) is 12.2. The summed E-state index contributed by atoms with van der Waals surface area (Å²) in [6, 6.07) is 6.54. The highest BCUT2D eigenvalue weighted by molar-refractivity contribution is 9.10. The Morgan fingerprint density at radius 2 is 1.88 bits per heavy atom. The normalized spacial score (nSPS) is 10.5. The van der Waals surface area contributed by atoms with Gasteiger partial charge in [-0.25, -0.2) is 14.4 Å². The van der Waals surface area contributed by atoms with E-state index in [0.29, 0.717) is 0 Å². The number of rotatable bonds is 3. The Hall–Kier alpha value is -1.29. The molecule has 88 valence electrons. The molecule has 0 bridgehead atoms. The van der Waals surface area contributed by atoms with Crippen LogP contribution >= 0.6 is 15.9 Å². The molecule has 17 heavy (non-hydrogen) atoms. The Balaban J connectivity index is 2.02. The van der Waals surface area contributed by atoms with Crippen molar-refractivity contribution in [3.63, 3.8) is 0 Å². The predicted molar refractivity (Wildman–Crippen MR) is 68.3 cm³/mol. The van der Waals surface area contributed by atoms with Crippen LogP contribution < -0.4 is 0 Å². The monoisotopic (exact) mass is 294 g/mol. The van der Waals surface area contributed by atoms with E-state index in [2.05, 4.69) is 25.9 Å². The summed E-state index contributed by atoms with van der Waals surface area (Å²) in [4.78, 5) is 8.61. The van der Waals surface area contributed by atoms with Gasteiger partial charge in [0.2, 0.25) is 0 Å². The number of benzene rings is 1. The van der Waals surface area contributed by atoms with E-state index in [0.717, 1.165) is 34.4 Å². The summed E-state index contributed by atoms with van der Waals surface area (Å²) in [6.45, 7) is 1.94. The number of hydrogen-bond donors (Lipinski definition) is 0. The van der Waals surface area contributed by atoms with Crippen molar-refractivity contribution in [1.82, 2.24) is 9.97 Å². The molecule has 4 heteroatoms. The van der Waals surface area contributed by atoms with Crippen LogP contribution in [0.4, 0.5) is 4.39 Å². The molecule has 0 fully saturated rings. The largest absolute Gasteiger partial charge is 0.240 e. The number of nitrogens with zero attached hydrogens (tertiary/aromatic N) is 2. The average Bonchev–Trinajstić information content (AvgIpc) is 2.33. The maximum Gasteiger partial charge on any atom is 0.128 e. The van der Waals surface area contributed by atoms with Crippen LogP contribution in [-0.4, -0.2) is 9.97 Å². The van der Waals surface area contributed by atoms with Gasteiger partial charge in [-0.05, 0) is 47.0 Å². The van der Waals surface area contributed by atoms with Gasteiger partial charge in [-0.3, -0.25) is 0 Å².